The van der Waals surface area contributed by atoms with Crippen LogP contribution in [0.5, 0.6) is 0 Å². The quantitative estimate of drug-likeness (QED) is 0.816. The van der Waals surface area contributed by atoms with Crippen LogP contribution >= 0.6 is 11.8 Å². The molecule has 0 unspecified atom stereocenters. The highest BCUT2D eigenvalue weighted by atomic mass is 32.2. The molecule has 2 saturated heterocycles. The molecule has 0 saturated carbocycles. The van der Waals surface area contributed by atoms with Crippen LogP contribution in [0.1, 0.15) is 26.9 Å². The number of hydrogen-bond acceptors (Lipinski definition) is 4. The predicted octanol–water partition coefficient (Wildman–Crippen LogP) is 2.93. The highest BCUT2D eigenvalue weighted by Crippen LogP contribution is 2.39. The second kappa shape index (κ2) is 8.15. The third-order valence-electron chi connectivity index (χ3n) is 4.90. The molecule has 0 aliphatic carbocycles. The number of amides is 2. The lowest BCUT2D eigenvalue weighted by Gasteiger charge is -2.27. The van der Waals surface area contributed by atoms with E-state index < -0.39 is 0 Å². The molecule has 2 aromatic rings. The molecule has 4 rings (SSSR count). The standard InChI is InChI=1S/C21H22N2O3S/c24-19-15-27-21(23(19)14-16-4-2-1-3-5-16)18-8-6-17(7-9-18)20(25)22-10-12-26-13-11-22/h1-9,21H,10-15H2/t21-/m0/s1. The number of thioether (sulfide) groups is 1. The van der Waals surface area contributed by atoms with Crippen molar-refractivity contribution in [1.29, 1.82) is 0 Å². The molecule has 2 fully saturated rings. The van der Waals surface area contributed by atoms with Gasteiger partial charge < -0.3 is 14.5 Å². The van der Waals surface area contributed by atoms with Crippen LogP contribution in [0.2, 0.25) is 0 Å². The van der Waals surface area contributed by atoms with Gasteiger partial charge in [0.05, 0.1) is 19.0 Å². The number of benzene rings is 2. The monoisotopic (exact) mass is 382 g/mol. The van der Waals surface area contributed by atoms with E-state index in [4.69, 9.17) is 4.74 Å². The number of hydrogen-bond donors (Lipinski definition) is 0. The van der Waals surface area contributed by atoms with Gasteiger partial charge in [0.25, 0.3) is 5.91 Å². The second-order valence-electron chi connectivity index (χ2n) is 6.70. The molecular weight excluding hydrogens is 360 g/mol. The Bertz CT molecular complexity index is 804. The van der Waals surface area contributed by atoms with E-state index in [1.165, 1.54) is 0 Å². The van der Waals surface area contributed by atoms with E-state index in [0.29, 0.717) is 44.2 Å². The Morgan fingerprint density at radius 1 is 1.04 bits per heavy atom. The van der Waals surface area contributed by atoms with Gasteiger partial charge in [-0.05, 0) is 23.3 Å². The number of rotatable bonds is 4. The maximum Gasteiger partial charge on any atom is 0.254 e. The summed E-state index contributed by atoms with van der Waals surface area (Å²) < 4.78 is 5.31. The van der Waals surface area contributed by atoms with Gasteiger partial charge in [-0.2, -0.15) is 0 Å². The number of nitrogens with zero attached hydrogens (tertiary/aromatic N) is 2. The fourth-order valence-corrected chi connectivity index (χ4v) is 4.61. The summed E-state index contributed by atoms with van der Waals surface area (Å²) in [5, 5.41) is -0.00903. The Balaban J connectivity index is 1.48. The van der Waals surface area contributed by atoms with Crippen molar-refractivity contribution >= 4 is 23.6 Å². The van der Waals surface area contributed by atoms with E-state index in [1.54, 1.807) is 11.8 Å². The number of ether oxygens (including phenoxy) is 1. The Hall–Kier alpha value is -2.31. The van der Waals surface area contributed by atoms with Gasteiger partial charge in [0.15, 0.2) is 0 Å². The summed E-state index contributed by atoms with van der Waals surface area (Å²) in [5.41, 5.74) is 2.86. The fourth-order valence-electron chi connectivity index (χ4n) is 3.42. The van der Waals surface area contributed by atoms with Crippen molar-refractivity contribution in [2.45, 2.75) is 11.9 Å². The predicted molar refractivity (Wildman–Crippen MR) is 105 cm³/mol. The van der Waals surface area contributed by atoms with Gasteiger partial charge in [-0.1, -0.05) is 42.5 Å². The van der Waals surface area contributed by atoms with Gasteiger partial charge in [0, 0.05) is 25.2 Å². The zero-order valence-electron chi connectivity index (χ0n) is 15.0. The van der Waals surface area contributed by atoms with Crippen LogP contribution in [0, 0.1) is 0 Å². The first kappa shape index (κ1) is 18.1. The summed E-state index contributed by atoms with van der Waals surface area (Å²) >= 11 is 1.64. The first-order chi connectivity index (χ1) is 13.2. The lowest BCUT2D eigenvalue weighted by atomic mass is 10.1. The van der Waals surface area contributed by atoms with E-state index in [1.807, 2.05) is 64.4 Å². The zero-order valence-corrected chi connectivity index (χ0v) is 15.9. The minimum Gasteiger partial charge on any atom is -0.378 e. The first-order valence-corrected chi connectivity index (χ1v) is 10.2. The van der Waals surface area contributed by atoms with Crippen LogP contribution in [-0.2, 0) is 16.1 Å². The molecule has 0 bridgehead atoms. The van der Waals surface area contributed by atoms with Crippen LogP contribution in [0.25, 0.3) is 0 Å². The molecule has 5 nitrogen and oxygen atoms in total. The van der Waals surface area contributed by atoms with Crippen LogP contribution in [0.4, 0.5) is 0 Å². The van der Waals surface area contributed by atoms with Crippen molar-refractivity contribution in [1.82, 2.24) is 9.80 Å². The first-order valence-electron chi connectivity index (χ1n) is 9.14. The molecular formula is C21H22N2O3S. The van der Waals surface area contributed by atoms with Crippen molar-refractivity contribution in [3.8, 4) is 0 Å². The smallest absolute Gasteiger partial charge is 0.254 e. The molecule has 1 atom stereocenters. The molecule has 2 aliphatic rings. The Kier molecular flexibility index (Phi) is 5.45. The molecule has 2 heterocycles. The van der Waals surface area contributed by atoms with Crippen LogP contribution < -0.4 is 0 Å². The lowest BCUT2D eigenvalue weighted by molar-refractivity contribution is -0.128. The molecule has 0 spiro atoms. The minimum atomic E-state index is -0.00903. The summed E-state index contributed by atoms with van der Waals surface area (Å²) in [7, 11) is 0. The Morgan fingerprint density at radius 3 is 2.44 bits per heavy atom. The molecule has 0 N–H and O–H groups in total. The zero-order chi connectivity index (χ0) is 18.6. The average molecular weight is 382 g/mol. The second-order valence-corrected chi connectivity index (χ2v) is 7.77. The Labute approximate surface area is 163 Å². The molecule has 6 heteroatoms. The topological polar surface area (TPSA) is 49.9 Å². The average Bonchev–Trinajstić information content (AvgIpc) is 3.09. The van der Waals surface area contributed by atoms with E-state index in [2.05, 4.69) is 0 Å². The van der Waals surface area contributed by atoms with Gasteiger partial charge >= 0.3 is 0 Å². The third-order valence-corrected chi connectivity index (χ3v) is 6.16. The van der Waals surface area contributed by atoms with Crippen molar-refractivity contribution < 1.29 is 14.3 Å². The molecule has 2 amide bonds. The minimum absolute atomic E-state index is 0.00903. The van der Waals surface area contributed by atoms with Gasteiger partial charge in [0.2, 0.25) is 5.91 Å². The molecule has 0 radical (unpaired) electrons. The van der Waals surface area contributed by atoms with Gasteiger partial charge in [-0.25, -0.2) is 0 Å². The van der Waals surface area contributed by atoms with Gasteiger partial charge in [-0.15, -0.1) is 11.8 Å². The fraction of sp³-hybridized carbons (Fsp3) is 0.333. The summed E-state index contributed by atoms with van der Waals surface area (Å²) in [6.07, 6.45) is 0. The summed E-state index contributed by atoms with van der Waals surface area (Å²) in [6, 6.07) is 17.7. The van der Waals surface area contributed by atoms with Crippen molar-refractivity contribution in [3.05, 3.63) is 71.3 Å². The number of carbonyl (C=O) groups is 2. The van der Waals surface area contributed by atoms with E-state index in [0.717, 1.165) is 11.1 Å². The summed E-state index contributed by atoms with van der Waals surface area (Å²) in [6.45, 7) is 3.07. The maximum atomic E-state index is 12.6. The largest absolute Gasteiger partial charge is 0.378 e. The van der Waals surface area contributed by atoms with E-state index >= 15 is 0 Å². The van der Waals surface area contributed by atoms with Crippen molar-refractivity contribution in [2.24, 2.45) is 0 Å². The van der Waals surface area contributed by atoms with Crippen LogP contribution in [-0.4, -0.2) is 53.7 Å². The van der Waals surface area contributed by atoms with Crippen LogP contribution in [0.3, 0.4) is 0 Å². The summed E-state index contributed by atoms with van der Waals surface area (Å²) in [4.78, 5) is 28.7. The van der Waals surface area contributed by atoms with E-state index in [9.17, 15) is 9.59 Å². The maximum absolute atomic E-state index is 12.6. The van der Waals surface area contributed by atoms with Crippen molar-refractivity contribution in [3.63, 3.8) is 0 Å². The summed E-state index contributed by atoms with van der Waals surface area (Å²) in [5.74, 6) is 0.690. The number of morpholine rings is 1. The number of carbonyl (C=O) groups excluding carboxylic acids is 2. The Morgan fingerprint density at radius 2 is 1.74 bits per heavy atom. The normalized spacial score (nSPS) is 20.1. The molecule has 140 valence electrons. The lowest BCUT2D eigenvalue weighted by Crippen LogP contribution is -2.40. The van der Waals surface area contributed by atoms with Crippen LogP contribution in [0.15, 0.2) is 54.6 Å². The highest BCUT2D eigenvalue weighted by Gasteiger charge is 2.32. The third kappa shape index (κ3) is 4.01. The molecule has 2 aliphatic heterocycles. The van der Waals surface area contributed by atoms with Gasteiger partial charge in [-0.3, -0.25) is 9.59 Å². The van der Waals surface area contributed by atoms with E-state index in [-0.39, 0.29) is 17.2 Å². The molecule has 27 heavy (non-hydrogen) atoms. The van der Waals surface area contributed by atoms with Crippen molar-refractivity contribution in [2.75, 3.05) is 32.1 Å². The molecule has 2 aromatic carbocycles. The molecule has 0 aromatic heterocycles. The highest BCUT2D eigenvalue weighted by molar-refractivity contribution is 8.00. The van der Waals surface area contributed by atoms with Gasteiger partial charge in [0.1, 0.15) is 5.37 Å². The SMILES string of the molecule is O=C(c1ccc([C@@H]2SCC(=O)N2Cc2ccccc2)cc1)N1CCOCC1.